The molecule has 1 atom stereocenters. The summed E-state index contributed by atoms with van der Waals surface area (Å²) in [6.07, 6.45) is 2.95. The molecule has 1 aromatic rings. The lowest BCUT2D eigenvalue weighted by molar-refractivity contribution is 0.335. The van der Waals surface area contributed by atoms with E-state index in [1.54, 1.807) is 12.1 Å². The fraction of sp³-hybridized carbons (Fsp3) is 0.538. The quantitative estimate of drug-likeness (QED) is 0.576. The van der Waals surface area contributed by atoms with Crippen LogP contribution in [0.25, 0.3) is 0 Å². The fourth-order valence-corrected chi connectivity index (χ4v) is 2.14. The Morgan fingerprint density at radius 2 is 2.00 bits per heavy atom. The van der Waals surface area contributed by atoms with Gasteiger partial charge in [0.25, 0.3) is 0 Å². The van der Waals surface area contributed by atoms with Gasteiger partial charge in [-0.2, -0.15) is 0 Å². The highest BCUT2D eigenvalue weighted by Gasteiger charge is 2.17. The Morgan fingerprint density at radius 1 is 1.31 bits per heavy atom. The summed E-state index contributed by atoms with van der Waals surface area (Å²) in [5.74, 6) is 5.92. The van der Waals surface area contributed by atoms with Gasteiger partial charge in [0.05, 0.1) is 0 Å². The minimum atomic E-state index is -0.183. The summed E-state index contributed by atoms with van der Waals surface area (Å²) < 4.78 is 13.0. The summed E-state index contributed by atoms with van der Waals surface area (Å²) in [7, 11) is 0. The van der Waals surface area contributed by atoms with E-state index in [4.69, 9.17) is 5.84 Å². The minimum Gasteiger partial charge on any atom is -0.271 e. The SMILES string of the molecule is CCC(CC)C(Cc1cccc(F)c1)NN. The van der Waals surface area contributed by atoms with Gasteiger partial charge in [0.2, 0.25) is 0 Å². The maximum absolute atomic E-state index is 13.0. The van der Waals surface area contributed by atoms with Crippen LogP contribution in [0.3, 0.4) is 0 Å². The molecule has 0 saturated heterocycles. The van der Waals surface area contributed by atoms with Gasteiger partial charge in [-0.15, -0.1) is 0 Å². The van der Waals surface area contributed by atoms with Crippen molar-refractivity contribution in [1.82, 2.24) is 5.43 Å². The van der Waals surface area contributed by atoms with Crippen LogP contribution in [-0.2, 0) is 6.42 Å². The highest BCUT2D eigenvalue weighted by molar-refractivity contribution is 5.17. The molecule has 0 amide bonds. The zero-order valence-electron chi connectivity index (χ0n) is 10.0. The third-order valence-electron chi connectivity index (χ3n) is 3.18. The van der Waals surface area contributed by atoms with Crippen molar-refractivity contribution in [2.24, 2.45) is 11.8 Å². The van der Waals surface area contributed by atoms with Gasteiger partial charge >= 0.3 is 0 Å². The van der Waals surface area contributed by atoms with Gasteiger partial charge in [-0.3, -0.25) is 11.3 Å². The highest BCUT2D eigenvalue weighted by Crippen LogP contribution is 2.17. The molecule has 0 heterocycles. The van der Waals surface area contributed by atoms with E-state index in [2.05, 4.69) is 19.3 Å². The first kappa shape index (κ1) is 13.1. The topological polar surface area (TPSA) is 38.0 Å². The van der Waals surface area contributed by atoms with E-state index < -0.39 is 0 Å². The lowest BCUT2D eigenvalue weighted by Gasteiger charge is -2.24. The lowest BCUT2D eigenvalue weighted by Crippen LogP contribution is -2.42. The smallest absolute Gasteiger partial charge is 0.123 e. The van der Waals surface area contributed by atoms with E-state index in [0.29, 0.717) is 5.92 Å². The number of benzene rings is 1. The molecule has 1 unspecified atom stereocenters. The molecule has 0 aliphatic rings. The molecule has 1 rings (SSSR count). The van der Waals surface area contributed by atoms with Crippen LogP contribution >= 0.6 is 0 Å². The van der Waals surface area contributed by atoms with Crippen molar-refractivity contribution in [2.75, 3.05) is 0 Å². The Labute approximate surface area is 97.0 Å². The van der Waals surface area contributed by atoms with Gasteiger partial charge in [-0.25, -0.2) is 4.39 Å². The molecule has 0 aliphatic carbocycles. The van der Waals surface area contributed by atoms with E-state index in [1.165, 1.54) is 6.07 Å². The summed E-state index contributed by atoms with van der Waals surface area (Å²) in [4.78, 5) is 0. The second kappa shape index (κ2) is 6.61. The van der Waals surface area contributed by atoms with Crippen LogP contribution in [0.2, 0.25) is 0 Å². The molecule has 0 fully saturated rings. The molecule has 3 N–H and O–H groups in total. The van der Waals surface area contributed by atoms with E-state index in [1.807, 2.05) is 6.07 Å². The summed E-state index contributed by atoms with van der Waals surface area (Å²) >= 11 is 0. The second-order valence-electron chi connectivity index (χ2n) is 4.18. The first-order valence-electron chi connectivity index (χ1n) is 5.91. The Bertz CT molecular complexity index is 311. The molecule has 90 valence electrons. The average molecular weight is 224 g/mol. The van der Waals surface area contributed by atoms with Crippen LogP contribution in [0.4, 0.5) is 4.39 Å². The first-order chi connectivity index (χ1) is 7.71. The molecule has 1 aromatic carbocycles. The minimum absolute atomic E-state index is 0.183. The van der Waals surface area contributed by atoms with Crippen LogP contribution in [0.15, 0.2) is 24.3 Å². The van der Waals surface area contributed by atoms with Gasteiger partial charge in [0.1, 0.15) is 5.82 Å². The predicted octanol–water partition coefficient (Wildman–Crippen LogP) is 2.64. The number of hydrogen-bond donors (Lipinski definition) is 2. The first-order valence-corrected chi connectivity index (χ1v) is 5.91. The van der Waals surface area contributed by atoms with Crippen molar-refractivity contribution < 1.29 is 4.39 Å². The van der Waals surface area contributed by atoms with E-state index in [9.17, 15) is 4.39 Å². The van der Waals surface area contributed by atoms with E-state index >= 15 is 0 Å². The maximum atomic E-state index is 13.0. The van der Waals surface area contributed by atoms with Gasteiger partial charge in [0.15, 0.2) is 0 Å². The summed E-state index contributed by atoms with van der Waals surface area (Å²) in [6, 6.07) is 6.94. The van der Waals surface area contributed by atoms with Crippen LogP contribution in [0, 0.1) is 11.7 Å². The Hall–Kier alpha value is -0.930. The zero-order chi connectivity index (χ0) is 12.0. The monoisotopic (exact) mass is 224 g/mol. The molecule has 2 nitrogen and oxygen atoms in total. The molecular weight excluding hydrogens is 203 g/mol. The van der Waals surface area contributed by atoms with Gasteiger partial charge in [-0.1, -0.05) is 38.8 Å². The maximum Gasteiger partial charge on any atom is 0.123 e. The van der Waals surface area contributed by atoms with Crippen molar-refractivity contribution >= 4 is 0 Å². The molecular formula is C13H21FN2. The molecule has 0 radical (unpaired) electrons. The summed E-state index contributed by atoms with van der Waals surface area (Å²) in [5.41, 5.74) is 3.84. The van der Waals surface area contributed by atoms with Crippen LogP contribution in [0.5, 0.6) is 0 Å². The molecule has 3 heteroatoms. The second-order valence-corrected chi connectivity index (χ2v) is 4.18. The third-order valence-corrected chi connectivity index (χ3v) is 3.18. The molecule has 16 heavy (non-hydrogen) atoms. The average Bonchev–Trinajstić information content (AvgIpc) is 2.29. The van der Waals surface area contributed by atoms with Gasteiger partial charge < -0.3 is 0 Å². The standard InChI is InChI=1S/C13H21FN2/c1-3-11(4-2)13(16-15)9-10-6-5-7-12(14)8-10/h5-8,11,13,16H,3-4,9,15H2,1-2H3. The number of nitrogens with two attached hydrogens (primary N) is 1. The van der Waals surface area contributed by atoms with Crippen LogP contribution in [0.1, 0.15) is 32.3 Å². The fourth-order valence-electron chi connectivity index (χ4n) is 2.14. The number of halogens is 1. The molecule has 0 aromatic heterocycles. The lowest BCUT2D eigenvalue weighted by atomic mass is 9.90. The van der Waals surface area contributed by atoms with Crippen molar-refractivity contribution in [3.8, 4) is 0 Å². The predicted molar refractivity (Wildman–Crippen MR) is 65.3 cm³/mol. The largest absolute Gasteiger partial charge is 0.271 e. The zero-order valence-corrected chi connectivity index (χ0v) is 10.0. The van der Waals surface area contributed by atoms with E-state index in [0.717, 1.165) is 24.8 Å². The Kier molecular flexibility index (Phi) is 5.43. The van der Waals surface area contributed by atoms with Gasteiger partial charge in [-0.05, 0) is 30.0 Å². The normalized spacial score (nSPS) is 13.1. The summed E-state index contributed by atoms with van der Waals surface area (Å²) in [5, 5.41) is 0. The molecule has 0 spiro atoms. The van der Waals surface area contributed by atoms with Crippen molar-refractivity contribution in [2.45, 2.75) is 39.2 Å². The van der Waals surface area contributed by atoms with Crippen molar-refractivity contribution in [3.63, 3.8) is 0 Å². The molecule has 0 aliphatic heterocycles. The van der Waals surface area contributed by atoms with Crippen molar-refractivity contribution in [3.05, 3.63) is 35.6 Å². The Morgan fingerprint density at radius 3 is 2.50 bits per heavy atom. The van der Waals surface area contributed by atoms with Crippen LogP contribution in [-0.4, -0.2) is 6.04 Å². The van der Waals surface area contributed by atoms with E-state index in [-0.39, 0.29) is 11.9 Å². The molecule has 0 saturated carbocycles. The number of hydrazine groups is 1. The van der Waals surface area contributed by atoms with Crippen LogP contribution < -0.4 is 11.3 Å². The number of nitrogens with one attached hydrogen (secondary N) is 1. The Balaban J connectivity index is 2.69. The summed E-state index contributed by atoms with van der Waals surface area (Å²) in [6.45, 7) is 4.31. The third kappa shape index (κ3) is 3.58. The number of hydrogen-bond acceptors (Lipinski definition) is 2. The van der Waals surface area contributed by atoms with Crippen molar-refractivity contribution in [1.29, 1.82) is 0 Å². The molecule has 0 bridgehead atoms. The van der Waals surface area contributed by atoms with Gasteiger partial charge in [0, 0.05) is 6.04 Å². The number of rotatable bonds is 6. The highest BCUT2D eigenvalue weighted by atomic mass is 19.1.